The van der Waals surface area contributed by atoms with E-state index in [1.807, 2.05) is 0 Å². The Hall–Kier alpha value is -2.28. The number of benzene rings is 2. The fourth-order valence-electron chi connectivity index (χ4n) is 1.96. The minimum atomic E-state index is -0.572. The molecule has 22 heavy (non-hydrogen) atoms. The summed E-state index contributed by atoms with van der Waals surface area (Å²) in [7, 11) is 1.52. The number of halogens is 2. The minimum absolute atomic E-state index is 0.0787. The van der Waals surface area contributed by atoms with Crippen LogP contribution in [0.4, 0.5) is 10.1 Å². The summed E-state index contributed by atoms with van der Waals surface area (Å²) < 4.78 is 13.9. The van der Waals surface area contributed by atoms with Crippen molar-refractivity contribution in [3.63, 3.8) is 0 Å². The molecule has 0 aliphatic carbocycles. The molecule has 7 heteroatoms. The van der Waals surface area contributed by atoms with Crippen molar-refractivity contribution >= 4 is 27.5 Å². The summed E-state index contributed by atoms with van der Waals surface area (Å²) >= 11 is 3.06. The molecule has 0 aromatic heterocycles. The monoisotopic (exact) mass is 366 g/mol. The molecule has 5 nitrogen and oxygen atoms in total. The Balaban J connectivity index is 2.23. The molecule has 0 radical (unpaired) electrons. The lowest BCUT2D eigenvalue weighted by molar-refractivity contribution is -0.385. The molecule has 2 aromatic carbocycles. The van der Waals surface area contributed by atoms with Crippen LogP contribution in [-0.2, 0) is 6.54 Å². The summed E-state index contributed by atoms with van der Waals surface area (Å²) in [5.74, 6) is -0.817. The number of hydrogen-bond donors (Lipinski definition) is 0. The molecule has 0 bridgehead atoms. The van der Waals surface area contributed by atoms with Crippen molar-refractivity contribution in [2.24, 2.45) is 0 Å². The first-order valence-corrected chi connectivity index (χ1v) is 7.12. The highest BCUT2D eigenvalue weighted by molar-refractivity contribution is 9.10. The number of hydrogen-bond acceptors (Lipinski definition) is 3. The zero-order valence-electron chi connectivity index (χ0n) is 11.6. The van der Waals surface area contributed by atoms with Crippen LogP contribution in [0.5, 0.6) is 0 Å². The van der Waals surface area contributed by atoms with Gasteiger partial charge in [0.25, 0.3) is 11.6 Å². The maximum atomic E-state index is 13.6. The van der Waals surface area contributed by atoms with Gasteiger partial charge in [-0.25, -0.2) is 4.39 Å². The largest absolute Gasteiger partial charge is 0.337 e. The van der Waals surface area contributed by atoms with Gasteiger partial charge in [-0.2, -0.15) is 0 Å². The van der Waals surface area contributed by atoms with E-state index >= 15 is 0 Å². The second kappa shape index (κ2) is 6.65. The third-order valence-electron chi connectivity index (χ3n) is 3.10. The molecule has 114 valence electrons. The van der Waals surface area contributed by atoms with Gasteiger partial charge in [-0.15, -0.1) is 0 Å². The zero-order chi connectivity index (χ0) is 16.3. The number of carbonyl (C=O) groups is 1. The molecule has 0 aliphatic heterocycles. The van der Waals surface area contributed by atoms with Crippen molar-refractivity contribution in [3.05, 3.63) is 74.0 Å². The maximum Gasteiger partial charge on any atom is 0.284 e. The van der Waals surface area contributed by atoms with Crippen molar-refractivity contribution in [2.75, 3.05) is 7.05 Å². The summed E-state index contributed by atoms with van der Waals surface area (Å²) in [6, 6.07) is 10.3. The van der Waals surface area contributed by atoms with Crippen LogP contribution in [0.2, 0.25) is 0 Å². The number of rotatable bonds is 4. The summed E-state index contributed by atoms with van der Waals surface area (Å²) in [5.41, 5.74) is 0.365. The fourth-order valence-corrected chi connectivity index (χ4v) is 2.35. The van der Waals surface area contributed by atoms with Crippen molar-refractivity contribution < 1.29 is 14.1 Å². The minimum Gasteiger partial charge on any atom is -0.337 e. The third-order valence-corrected chi connectivity index (χ3v) is 3.77. The quantitative estimate of drug-likeness (QED) is 0.611. The van der Waals surface area contributed by atoms with Crippen LogP contribution in [0.15, 0.2) is 46.9 Å². The standard InChI is InChI=1S/C15H12BrFN2O3/c1-18(9-11-4-2-3-5-13(11)17)15(20)10-6-7-12(16)14(8-10)19(21)22/h2-8H,9H2,1H3. The highest BCUT2D eigenvalue weighted by atomic mass is 79.9. The first-order valence-electron chi connectivity index (χ1n) is 6.33. The van der Waals surface area contributed by atoms with Crippen molar-refractivity contribution in [2.45, 2.75) is 6.54 Å². The number of carbonyl (C=O) groups excluding carboxylic acids is 1. The van der Waals surface area contributed by atoms with Crippen LogP contribution in [0.25, 0.3) is 0 Å². The van der Waals surface area contributed by atoms with Gasteiger partial charge >= 0.3 is 0 Å². The Bertz CT molecular complexity index is 736. The van der Waals surface area contributed by atoms with Gasteiger partial charge in [0.2, 0.25) is 0 Å². The number of nitrogens with zero attached hydrogens (tertiary/aromatic N) is 2. The van der Waals surface area contributed by atoms with Gasteiger partial charge < -0.3 is 4.90 Å². The second-order valence-electron chi connectivity index (χ2n) is 4.68. The van der Waals surface area contributed by atoms with Crippen LogP contribution in [0.3, 0.4) is 0 Å². The van der Waals surface area contributed by atoms with Gasteiger partial charge in [0.1, 0.15) is 5.82 Å². The molecule has 0 heterocycles. The van der Waals surface area contributed by atoms with Crippen LogP contribution in [0.1, 0.15) is 15.9 Å². The summed E-state index contributed by atoms with van der Waals surface area (Å²) in [4.78, 5) is 24.0. The van der Waals surface area contributed by atoms with Gasteiger partial charge in [0.15, 0.2) is 0 Å². The molecule has 0 atom stereocenters. The van der Waals surface area contributed by atoms with Crippen LogP contribution < -0.4 is 0 Å². The van der Waals surface area contributed by atoms with Gasteiger partial charge in [0, 0.05) is 30.8 Å². The smallest absolute Gasteiger partial charge is 0.284 e. The first-order chi connectivity index (χ1) is 10.4. The highest BCUT2D eigenvalue weighted by Crippen LogP contribution is 2.26. The Morgan fingerprint density at radius 2 is 2.00 bits per heavy atom. The van der Waals surface area contributed by atoms with Gasteiger partial charge in [-0.1, -0.05) is 18.2 Å². The van der Waals surface area contributed by atoms with Gasteiger partial charge in [-0.05, 0) is 34.1 Å². The molecule has 0 saturated carbocycles. The lowest BCUT2D eigenvalue weighted by atomic mass is 10.1. The second-order valence-corrected chi connectivity index (χ2v) is 5.53. The Kier molecular flexibility index (Phi) is 4.87. The normalized spacial score (nSPS) is 10.3. The SMILES string of the molecule is CN(Cc1ccccc1F)C(=O)c1ccc(Br)c([N+](=O)[O-])c1. The van der Waals surface area contributed by atoms with E-state index in [9.17, 15) is 19.3 Å². The number of nitro benzene ring substituents is 1. The zero-order valence-corrected chi connectivity index (χ0v) is 13.2. The number of nitro groups is 1. The molecule has 2 rings (SSSR count). The topological polar surface area (TPSA) is 63.5 Å². The molecular formula is C15H12BrFN2O3. The van der Waals surface area contributed by atoms with Crippen LogP contribution in [0, 0.1) is 15.9 Å². The molecule has 0 unspecified atom stereocenters. The average molecular weight is 367 g/mol. The Labute approximate surface area is 134 Å². The molecule has 0 aliphatic rings. The molecule has 0 fully saturated rings. The van der Waals surface area contributed by atoms with E-state index < -0.39 is 16.6 Å². The lowest BCUT2D eigenvalue weighted by Gasteiger charge is -2.17. The van der Waals surface area contributed by atoms with E-state index in [1.165, 1.54) is 36.2 Å². The molecule has 0 saturated heterocycles. The highest BCUT2D eigenvalue weighted by Gasteiger charge is 2.19. The summed E-state index contributed by atoms with van der Waals surface area (Å²) in [5, 5.41) is 10.9. The van der Waals surface area contributed by atoms with E-state index in [0.717, 1.165) is 0 Å². The van der Waals surface area contributed by atoms with Crippen LogP contribution in [-0.4, -0.2) is 22.8 Å². The third kappa shape index (κ3) is 3.48. The Morgan fingerprint density at radius 1 is 1.32 bits per heavy atom. The predicted molar refractivity (Wildman–Crippen MR) is 83.0 cm³/mol. The van der Waals surface area contributed by atoms with Crippen LogP contribution >= 0.6 is 15.9 Å². The van der Waals surface area contributed by atoms with Crippen molar-refractivity contribution in [1.29, 1.82) is 0 Å². The lowest BCUT2D eigenvalue weighted by Crippen LogP contribution is -2.26. The molecule has 1 amide bonds. The molecule has 2 aromatic rings. The predicted octanol–water partition coefficient (Wildman–Crippen LogP) is 3.77. The van der Waals surface area contributed by atoms with E-state index in [1.54, 1.807) is 18.2 Å². The maximum absolute atomic E-state index is 13.6. The van der Waals surface area contributed by atoms with E-state index in [-0.39, 0.29) is 17.8 Å². The van der Waals surface area contributed by atoms with Crippen molar-refractivity contribution in [1.82, 2.24) is 4.90 Å². The summed E-state index contributed by atoms with van der Waals surface area (Å²) in [6.07, 6.45) is 0. The molecule has 0 spiro atoms. The van der Waals surface area contributed by atoms with Crippen molar-refractivity contribution in [3.8, 4) is 0 Å². The van der Waals surface area contributed by atoms with Gasteiger partial charge in [0.05, 0.1) is 9.40 Å². The summed E-state index contributed by atoms with van der Waals surface area (Å²) in [6.45, 7) is 0.0787. The molecular weight excluding hydrogens is 355 g/mol. The van der Waals surface area contributed by atoms with E-state index in [0.29, 0.717) is 10.0 Å². The van der Waals surface area contributed by atoms with Gasteiger partial charge in [-0.3, -0.25) is 14.9 Å². The molecule has 0 N–H and O–H groups in total. The number of amides is 1. The first kappa shape index (κ1) is 16.1. The fraction of sp³-hybridized carbons (Fsp3) is 0.133. The average Bonchev–Trinajstić information content (AvgIpc) is 2.49. The van der Waals surface area contributed by atoms with E-state index in [2.05, 4.69) is 15.9 Å². The Morgan fingerprint density at radius 3 is 2.64 bits per heavy atom. The van der Waals surface area contributed by atoms with E-state index in [4.69, 9.17) is 0 Å².